The van der Waals surface area contributed by atoms with E-state index in [0.29, 0.717) is 36.1 Å². The maximum atomic E-state index is 12.5. The summed E-state index contributed by atoms with van der Waals surface area (Å²) < 4.78 is 6.84. The summed E-state index contributed by atoms with van der Waals surface area (Å²) in [7, 11) is 0. The van der Waals surface area contributed by atoms with E-state index in [1.54, 1.807) is 6.07 Å². The van der Waals surface area contributed by atoms with Gasteiger partial charge in [0.25, 0.3) is 5.91 Å². The Bertz CT molecular complexity index is 878. The molecule has 3 N–H and O–H groups in total. The molecule has 28 heavy (non-hydrogen) atoms. The van der Waals surface area contributed by atoms with Gasteiger partial charge in [-0.1, -0.05) is 27.7 Å². The average Bonchev–Trinajstić information content (AvgIpc) is 3.20. The summed E-state index contributed by atoms with van der Waals surface area (Å²) in [5.41, 5.74) is 1.46. The first kappa shape index (κ1) is 18.3. The van der Waals surface area contributed by atoms with Gasteiger partial charge in [-0.25, -0.2) is 0 Å². The number of amides is 1. The summed E-state index contributed by atoms with van der Waals surface area (Å²) in [5.74, 6) is 1.38. The molecule has 5 atom stereocenters. The Kier molecular flexibility index (Phi) is 3.55. The van der Waals surface area contributed by atoms with Crippen LogP contribution in [0.3, 0.4) is 0 Å². The molecule has 0 radical (unpaired) electrons. The third kappa shape index (κ3) is 1.99. The van der Waals surface area contributed by atoms with Gasteiger partial charge < -0.3 is 20.3 Å². The molecular formula is C23H31NO4. The second-order valence-corrected chi connectivity index (χ2v) is 10.4. The van der Waals surface area contributed by atoms with E-state index in [4.69, 9.17) is 4.74 Å². The van der Waals surface area contributed by atoms with Gasteiger partial charge in [-0.05, 0) is 54.6 Å². The second-order valence-electron chi connectivity index (χ2n) is 10.4. The summed E-state index contributed by atoms with van der Waals surface area (Å²) in [5, 5.41) is 24.3. The van der Waals surface area contributed by atoms with Crippen LogP contribution >= 0.6 is 0 Å². The van der Waals surface area contributed by atoms with Crippen LogP contribution in [0, 0.1) is 22.7 Å². The monoisotopic (exact) mass is 385 g/mol. The lowest BCUT2D eigenvalue weighted by Gasteiger charge is -2.64. The zero-order chi connectivity index (χ0) is 20.1. The number of hydrogen-bond acceptors (Lipinski definition) is 4. The number of benzene rings is 1. The van der Waals surface area contributed by atoms with Crippen LogP contribution in [-0.4, -0.2) is 27.8 Å². The number of fused-ring (bicyclic) bond motifs is 5. The summed E-state index contributed by atoms with van der Waals surface area (Å²) in [6.07, 6.45) is 4.10. The van der Waals surface area contributed by atoms with Gasteiger partial charge in [0, 0.05) is 23.9 Å². The van der Waals surface area contributed by atoms with E-state index in [1.807, 2.05) is 0 Å². The fourth-order valence-corrected chi connectivity index (χ4v) is 7.19. The number of rotatable bonds is 0. The minimum Gasteiger partial charge on any atom is -0.508 e. The van der Waals surface area contributed by atoms with Crippen molar-refractivity contribution in [1.29, 1.82) is 0 Å². The van der Waals surface area contributed by atoms with E-state index in [1.165, 1.54) is 0 Å². The molecule has 1 spiro atoms. The van der Waals surface area contributed by atoms with E-state index in [2.05, 4.69) is 33.0 Å². The molecule has 1 aromatic rings. The van der Waals surface area contributed by atoms with Crippen molar-refractivity contribution in [2.75, 3.05) is 0 Å². The largest absolute Gasteiger partial charge is 0.508 e. The Balaban J connectivity index is 1.66. The first-order chi connectivity index (χ1) is 13.1. The van der Waals surface area contributed by atoms with Crippen molar-refractivity contribution in [2.45, 2.75) is 78.0 Å². The Morgan fingerprint density at radius 2 is 1.96 bits per heavy atom. The number of carbonyl (C=O) groups excluding carboxylic acids is 1. The van der Waals surface area contributed by atoms with E-state index >= 15 is 0 Å². The molecule has 1 aromatic carbocycles. The number of aromatic hydroxyl groups is 1. The number of nitrogens with one attached hydrogen (secondary N) is 1. The van der Waals surface area contributed by atoms with E-state index in [0.717, 1.165) is 36.8 Å². The van der Waals surface area contributed by atoms with Gasteiger partial charge in [0.2, 0.25) is 0 Å². The predicted molar refractivity (Wildman–Crippen MR) is 105 cm³/mol. The topological polar surface area (TPSA) is 78.8 Å². The van der Waals surface area contributed by atoms with Crippen LogP contribution in [0.2, 0.25) is 0 Å². The Labute approximate surface area is 166 Å². The molecule has 4 aliphatic rings. The molecule has 0 aromatic heterocycles. The normalized spacial score (nSPS) is 40.5. The third-order valence-corrected chi connectivity index (χ3v) is 8.95. The van der Waals surface area contributed by atoms with Gasteiger partial charge in [-0.15, -0.1) is 0 Å². The molecular weight excluding hydrogens is 354 g/mol. The second kappa shape index (κ2) is 5.44. The molecule has 2 heterocycles. The van der Waals surface area contributed by atoms with Crippen LogP contribution in [-0.2, 0) is 13.0 Å². The molecule has 1 amide bonds. The minimum absolute atomic E-state index is 0.104. The fraction of sp³-hybridized carbons (Fsp3) is 0.696. The zero-order valence-corrected chi connectivity index (χ0v) is 17.3. The molecule has 5 nitrogen and oxygen atoms in total. The maximum Gasteiger partial charge on any atom is 0.255 e. The van der Waals surface area contributed by atoms with Crippen LogP contribution in [0.25, 0.3) is 0 Å². The standard InChI is InChI=1S/C23H31NO4/c1-12-5-6-16-21(2,3)17(26)7-8-22(16,4)23(12)10-14-15(25)9-13-11-24-20(27)18(13)19(14)28-23/h9,12,16-17,25-26H,5-8,10-11H2,1-4H3,(H,24,27)/t12-,16-,17-,22-,23-/m1/s1. The molecule has 2 aliphatic carbocycles. The van der Waals surface area contributed by atoms with Crippen LogP contribution in [0.5, 0.6) is 11.5 Å². The highest BCUT2D eigenvalue weighted by atomic mass is 16.5. The highest BCUT2D eigenvalue weighted by Crippen LogP contribution is 2.67. The summed E-state index contributed by atoms with van der Waals surface area (Å²) in [6, 6.07) is 1.73. The number of aliphatic hydroxyl groups is 1. The number of ether oxygens (including phenoxy) is 1. The number of aliphatic hydroxyl groups excluding tert-OH is 1. The van der Waals surface area contributed by atoms with E-state index in [9.17, 15) is 15.0 Å². The van der Waals surface area contributed by atoms with Gasteiger partial charge in [0.05, 0.1) is 11.7 Å². The molecule has 2 aliphatic heterocycles. The Morgan fingerprint density at radius 1 is 1.21 bits per heavy atom. The molecule has 0 unspecified atom stereocenters. The number of carbonyl (C=O) groups is 1. The molecule has 2 fully saturated rings. The number of phenolic OH excluding ortho intramolecular Hbond substituents is 1. The van der Waals surface area contributed by atoms with Crippen molar-refractivity contribution in [3.05, 3.63) is 22.8 Å². The van der Waals surface area contributed by atoms with Gasteiger partial charge in [-0.3, -0.25) is 4.79 Å². The number of hydrogen-bond donors (Lipinski definition) is 3. The van der Waals surface area contributed by atoms with Gasteiger partial charge in [0.15, 0.2) is 0 Å². The fourth-order valence-electron chi connectivity index (χ4n) is 7.19. The van der Waals surface area contributed by atoms with E-state index < -0.39 is 5.60 Å². The Hall–Kier alpha value is -1.75. The maximum absolute atomic E-state index is 12.5. The first-order valence-corrected chi connectivity index (χ1v) is 10.6. The molecule has 0 bridgehead atoms. The van der Waals surface area contributed by atoms with Crippen molar-refractivity contribution in [3.8, 4) is 11.5 Å². The lowest BCUT2D eigenvalue weighted by atomic mass is 9.43. The average molecular weight is 386 g/mol. The summed E-state index contributed by atoms with van der Waals surface area (Å²) in [4.78, 5) is 12.5. The van der Waals surface area contributed by atoms with Crippen molar-refractivity contribution in [3.63, 3.8) is 0 Å². The lowest BCUT2D eigenvalue weighted by molar-refractivity contribution is -0.210. The minimum atomic E-state index is -0.453. The molecule has 2 saturated carbocycles. The molecule has 5 heteroatoms. The third-order valence-electron chi connectivity index (χ3n) is 8.95. The SMILES string of the molecule is C[C@@H]1CC[C@@H]2C(C)(C)[C@H](O)CC[C@@]2(C)[C@@]12Cc1c(O)cc3c(c1O2)C(=O)NC3. The zero-order valence-electron chi connectivity index (χ0n) is 17.3. The van der Waals surface area contributed by atoms with Gasteiger partial charge in [0.1, 0.15) is 17.1 Å². The van der Waals surface area contributed by atoms with Gasteiger partial charge >= 0.3 is 0 Å². The predicted octanol–water partition coefficient (Wildman–Crippen LogP) is 3.54. The summed E-state index contributed by atoms with van der Waals surface area (Å²) >= 11 is 0. The summed E-state index contributed by atoms with van der Waals surface area (Å²) in [6.45, 7) is 9.40. The lowest BCUT2D eigenvalue weighted by Crippen LogP contribution is -2.66. The van der Waals surface area contributed by atoms with Crippen LogP contribution in [0.4, 0.5) is 0 Å². The first-order valence-electron chi connectivity index (χ1n) is 10.6. The number of phenols is 1. The van der Waals surface area contributed by atoms with Crippen molar-refractivity contribution in [1.82, 2.24) is 5.32 Å². The highest BCUT2D eigenvalue weighted by Gasteiger charge is 2.67. The quantitative estimate of drug-likeness (QED) is 0.638. The van der Waals surface area contributed by atoms with Crippen LogP contribution in [0.1, 0.15) is 74.9 Å². The van der Waals surface area contributed by atoms with Crippen molar-refractivity contribution >= 4 is 5.91 Å². The molecule has 5 rings (SSSR count). The molecule has 152 valence electrons. The molecule has 0 saturated heterocycles. The smallest absolute Gasteiger partial charge is 0.255 e. The van der Waals surface area contributed by atoms with Crippen LogP contribution < -0.4 is 10.1 Å². The van der Waals surface area contributed by atoms with E-state index in [-0.39, 0.29) is 28.6 Å². The van der Waals surface area contributed by atoms with Crippen molar-refractivity contribution in [2.24, 2.45) is 22.7 Å². The van der Waals surface area contributed by atoms with Crippen LogP contribution in [0.15, 0.2) is 6.07 Å². The highest BCUT2D eigenvalue weighted by molar-refractivity contribution is 6.02. The Morgan fingerprint density at radius 3 is 2.71 bits per heavy atom. The van der Waals surface area contributed by atoms with Gasteiger partial charge in [-0.2, -0.15) is 0 Å². The van der Waals surface area contributed by atoms with Crippen molar-refractivity contribution < 1.29 is 19.7 Å².